The van der Waals surface area contributed by atoms with E-state index >= 15 is 0 Å². The summed E-state index contributed by atoms with van der Waals surface area (Å²) in [4.78, 5) is 16.1. The molecule has 2 aliphatic rings. The van der Waals surface area contributed by atoms with Gasteiger partial charge >= 0.3 is 6.09 Å². The van der Waals surface area contributed by atoms with E-state index in [1.807, 2.05) is 20.8 Å². The second-order valence-electron chi connectivity index (χ2n) is 8.08. The lowest BCUT2D eigenvalue weighted by atomic mass is 9.96. The maximum absolute atomic E-state index is 12.7. The van der Waals surface area contributed by atoms with Gasteiger partial charge in [0.25, 0.3) is 0 Å². The van der Waals surface area contributed by atoms with Gasteiger partial charge in [0, 0.05) is 38.5 Å². The Morgan fingerprint density at radius 2 is 1.68 bits per heavy atom. The molecule has 2 heterocycles. The van der Waals surface area contributed by atoms with Crippen molar-refractivity contribution in [1.29, 1.82) is 0 Å². The van der Waals surface area contributed by atoms with Gasteiger partial charge in [-0.25, -0.2) is 13.2 Å². The summed E-state index contributed by atoms with van der Waals surface area (Å²) in [5.74, 6) is 0.185. The lowest BCUT2D eigenvalue weighted by molar-refractivity contribution is 0.0134. The van der Waals surface area contributed by atoms with Crippen molar-refractivity contribution in [3.63, 3.8) is 0 Å². The van der Waals surface area contributed by atoms with Crippen LogP contribution in [0.25, 0.3) is 0 Å². The fourth-order valence-electron chi connectivity index (χ4n) is 3.58. The highest BCUT2D eigenvalue weighted by molar-refractivity contribution is 7.92. The van der Waals surface area contributed by atoms with Crippen LogP contribution in [0.15, 0.2) is 0 Å². The van der Waals surface area contributed by atoms with Crippen LogP contribution >= 0.6 is 0 Å². The summed E-state index contributed by atoms with van der Waals surface area (Å²) in [6.07, 6.45) is 1.04. The molecule has 0 radical (unpaired) electrons. The first-order chi connectivity index (χ1) is 11.6. The monoisotopic (exact) mass is 375 g/mol. The fourth-order valence-corrected chi connectivity index (χ4v) is 5.40. The number of piperidine rings is 1. The van der Waals surface area contributed by atoms with Crippen LogP contribution < -0.4 is 5.32 Å². The molecule has 1 amide bonds. The predicted molar refractivity (Wildman–Crippen MR) is 98.5 cm³/mol. The van der Waals surface area contributed by atoms with E-state index in [4.69, 9.17) is 4.74 Å². The van der Waals surface area contributed by atoms with Gasteiger partial charge in [-0.05, 0) is 46.7 Å². The molecular weight excluding hydrogens is 342 g/mol. The van der Waals surface area contributed by atoms with Crippen LogP contribution in [0.1, 0.15) is 40.5 Å². The molecular formula is C17H33N3O4S. The normalized spacial score (nSPS) is 22.6. The van der Waals surface area contributed by atoms with Crippen molar-refractivity contribution in [3.8, 4) is 0 Å². The number of amides is 1. The first-order valence-electron chi connectivity index (χ1n) is 9.22. The summed E-state index contributed by atoms with van der Waals surface area (Å²) < 4.78 is 30.2. The van der Waals surface area contributed by atoms with Gasteiger partial charge in [-0.15, -0.1) is 0 Å². The molecule has 0 aromatic rings. The number of rotatable bonds is 4. The van der Waals surface area contributed by atoms with Crippen LogP contribution in [-0.2, 0) is 14.6 Å². The van der Waals surface area contributed by atoms with Gasteiger partial charge in [0.1, 0.15) is 5.60 Å². The lowest BCUT2D eigenvalue weighted by Gasteiger charge is -2.43. The lowest BCUT2D eigenvalue weighted by Crippen LogP contribution is -2.58. The van der Waals surface area contributed by atoms with Crippen LogP contribution in [-0.4, -0.2) is 86.2 Å². The molecule has 2 saturated heterocycles. The summed E-state index contributed by atoms with van der Waals surface area (Å²) in [6.45, 7) is 11.9. The zero-order valence-electron chi connectivity index (χ0n) is 16.0. The van der Waals surface area contributed by atoms with Crippen molar-refractivity contribution < 1.29 is 17.9 Å². The second kappa shape index (κ2) is 7.80. The van der Waals surface area contributed by atoms with Crippen LogP contribution in [0.2, 0.25) is 0 Å². The quantitative estimate of drug-likeness (QED) is 0.793. The Balaban J connectivity index is 1.96. The van der Waals surface area contributed by atoms with Crippen LogP contribution in [0.5, 0.6) is 0 Å². The zero-order chi connectivity index (χ0) is 18.7. The minimum atomic E-state index is -3.12. The number of nitrogens with one attached hydrogen (secondary N) is 1. The Hall–Kier alpha value is -0.860. The Morgan fingerprint density at radius 3 is 2.16 bits per heavy atom. The number of nitrogens with zero attached hydrogens (tertiary/aromatic N) is 2. The Kier molecular flexibility index (Phi) is 6.38. The van der Waals surface area contributed by atoms with Crippen molar-refractivity contribution in [2.45, 2.75) is 50.9 Å². The molecule has 0 saturated carbocycles. The molecule has 0 aromatic heterocycles. The van der Waals surface area contributed by atoms with Gasteiger partial charge in [0.15, 0.2) is 9.84 Å². The first kappa shape index (κ1) is 20.5. The van der Waals surface area contributed by atoms with E-state index in [-0.39, 0.29) is 11.8 Å². The molecule has 0 bridgehead atoms. The van der Waals surface area contributed by atoms with Gasteiger partial charge in [-0.3, -0.25) is 4.90 Å². The van der Waals surface area contributed by atoms with Crippen molar-refractivity contribution in [2.24, 2.45) is 0 Å². The van der Waals surface area contributed by atoms with E-state index < -0.39 is 20.2 Å². The third kappa shape index (κ3) is 5.08. The molecule has 7 nitrogen and oxygen atoms in total. The molecule has 0 aromatic carbocycles. The number of hydrogen-bond donors (Lipinski definition) is 1. The van der Waals surface area contributed by atoms with Gasteiger partial charge in [-0.2, -0.15) is 0 Å². The molecule has 0 atom stereocenters. The highest BCUT2D eigenvalue weighted by Gasteiger charge is 2.45. The van der Waals surface area contributed by atoms with Crippen molar-refractivity contribution in [3.05, 3.63) is 0 Å². The Labute approximate surface area is 152 Å². The Bertz CT molecular complexity index is 557. The molecule has 25 heavy (non-hydrogen) atoms. The van der Waals surface area contributed by atoms with Crippen LogP contribution in [0.3, 0.4) is 0 Å². The summed E-state index contributed by atoms with van der Waals surface area (Å²) in [5.41, 5.74) is -0.497. The van der Waals surface area contributed by atoms with Crippen molar-refractivity contribution in [2.75, 3.05) is 51.6 Å². The number of piperazine rings is 1. The molecule has 8 heteroatoms. The number of carbonyl (C=O) groups is 1. The van der Waals surface area contributed by atoms with Crippen molar-refractivity contribution >= 4 is 15.9 Å². The average Bonchev–Trinajstić information content (AvgIpc) is 2.54. The highest BCUT2D eigenvalue weighted by atomic mass is 32.2. The minimum Gasteiger partial charge on any atom is -0.444 e. The summed E-state index contributed by atoms with van der Waals surface area (Å²) in [7, 11) is -3.12. The topological polar surface area (TPSA) is 79.0 Å². The minimum absolute atomic E-state index is 0.185. The fraction of sp³-hybridized carbons (Fsp3) is 0.941. The molecule has 0 aliphatic carbocycles. The van der Waals surface area contributed by atoms with Gasteiger partial charge in [0.2, 0.25) is 0 Å². The van der Waals surface area contributed by atoms with Gasteiger partial charge in [0.05, 0.1) is 4.75 Å². The average molecular weight is 376 g/mol. The van der Waals surface area contributed by atoms with E-state index in [0.717, 1.165) is 13.1 Å². The van der Waals surface area contributed by atoms with Crippen LogP contribution in [0, 0.1) is 0 Å². The maximum Gasteiger partial charge on any atom is 0.410 e. The first-order valence-corrected chi connectivity index (χ1v) is 10.9. The SMILES string of the molecule is CCS(=O)(=O)C1(CN2CCN(C(=O)OC(C)(C)C)CC2)CCNCC1. The number of ether oxygens (including phenoxy) is 1. The third-order valence-electron chi connectivity index (χ3n) is 5.09. The van der Waals surface area contributed by atoms with Gasteiger partial charge in [-0.1, -0.05) is 6.92 Å². The van der Waals surface area contributed by atoms with Crippen molar-refractivity contribution in [1.82, 2.24) is 15.1 Å². The third-order valence-corrected chi connectivity index (χ3v) is 7.71. The molecule has 1 N–H and O–H groups in total. The second-order valence-corrected chi connectivity index (χ2v) is 10.8. The number of sulfone groups is 1. The zero-order valence-corrected chi connectivity index (χ0v) is 16.8. The summed E-state index contributed by atoms with van der Waals surface area (Å²) in [6, 6.07) is 0. The molecule has 0 unspecified atom stereocenters. The summed E-state index contributed by atoms with van der Waals surface area (Å²) >= 11 is 0. The standard InChI is InChI=1S/C17H33N3O4S/c1-5-25(22,23)17(6-8-18-9-7-17)14-19-10-12-20(13-11-19)15(21)24-16(2,3)4/h18H,5-14H2,1-4H3. The molecule has 0 spiro atoms. The maximum atomic E-state index is 12.7. The van der Waals surface area contributed by atoms with Gasteiger partial charge < -0.3 is 15.0 Å². The molecule has 2 rings (SSSR count). The van der Waals surface area contributed by atoms with Crippen LogP contribution in [0.4, 0.5) is 4.79 Å². The van der Waals surface area contributed by atoms with E-state index in [2.05, 4.69) is 10.2 Å². The number of hydrogen-bond acceptors (Lipinski definition) is 6. The molecule has 2 aliphatic heterocycles. The highest BCUT2D eigenvalue weighted by Crippen LogP contribution is 2.30. The number of carbonyl (C=O) groups excluding carboxylic acids is 1. The smallest absolute Gasteiger partial charge is 0.410 e. The van der Waals surface area contributed by atoms with E-state index in [9.17, 15) is 13.2 Å². The summed E-state index contributed by atoms with van der Waals surface area (Å²) in [5, 5.41) is 3.26. The van der Waals surface area contributed by atoms with E-state index in [1.165, 1.54) is 0 Å². The largest absolute Gasteiger partial charge is 0.444 e. The predicted octanol–water partition coefficient (Wildman–Crippen LogP) is 1.10. The van der Waals surface area contributed by atoms with E-state index in [0.29, 0.717) is 45.6 Å². The molecule has 146 valence electrons. The molecule has 2 fully saturated rings. The Morgan fingerprint density at radius 1 is 1.12 bits per heavy atom. The van der Waals surface area contributed by atoms with E-state index in [1.54, 1.807) is 11.8 Å².